The van der Waals surface area contributed by atoms with Crippen molar-refractivity contribution in [2.24, 2.45) is 40.9 Å². The monoisotopic (exact) mass is 770 g/mol. The number of phenols is 3. The Morgan fingerprint density at radius 1 is 0.982 bits per heavy atom. The van der Waals surface area contributed by atoms with Gasteiger partial charge in [-0.3, -0.25) is 4.79 Å². The molecule has 7 aliphatic rings. The standard InChI is InChI=1S/C48H54N2O7/c1-49-24-30-15-32-11-13-47-33-10-12-45(32)23-38(30)37-18-40(53)41(54)20-39(37)48(45,47)44-29(25-50-47)9-8-28(14-27-6-4-3-5-7-27)35(17-34(52)22-46(44,56)21-33)36-19-43(57-2)42(55)16-31(36)26-51/h3-7,10,12,16,18-20,28-30,32-33,35,38,44,49-51,53-56H,11,13-15,17,21-26H2,1-2H3/t28-,29-,30-,32-,33-,35+,38+,44+,45-,46-,47-,48-/m1/s1. The number of phenolic OH excluding ortho intramolecular Hbond substituents is 3. The highest BCUT2D eigenvalue weighted by Crippen LogP contribution is 2.81. The molecule has 6 aliphatic carbocycles. The topological polar surface area (TPSA) is 152 Å². The molecule has 10 rings (SSSR count). The van der Waals surface area contributed by atoms with Crippen LogP contribution >= 0.6 is 0 Å². The summed E-state index contributed by atoms with van der Waals surface area (Å²) in [6.45, 7) is 1.08. The van der Waals surface area contributed by atoms with Crippen LogP contribution in [0.2, 0.25) is 0 Å². The van der Waals surface area contributed by atoms with Crippen molar-refractivity contribution < 1.29 is 35.1 Å². The predicted molar refractivity (Wildman–Crippen MR) is 215 cm³/mol. The molecule has 7 N–H and O–H groups in total. The van der Waals surface area contributed by atoms with E-state index in [9.17, 15) is 25.5 Å². The summed E-state index contributed by atoms with van der Waals surface area (Å²) in [6.07, 6.45) is 9.79. The number of aliphatic hydroxyl groups excluding tert-OH is 1. The SMILES string of the molecule is CNC[C@H]1C[C@H]2CC[C@@]34NC[C@H]5C#C[C@H](Cc6ccccc6)[C@@H](c6cc(OC)c(O)cc6CO)CC(=O)C[C@]6(O)C[C@H]3C=C[C@@]23C[C@@H]1c1cc(O)c(O)cc1[C@@]34[C@@H]56. The molecular weight excluding hydrogens is 717 g/mol. The van der Waals surface area contributed by atoms with Gasteiger partial charge in [0.15, 0.2) is 23.0 Å². The number of hydrogen-bond acceptors (Lipinski definition) is 9. The van der Waals surface area contributed by atoms with Crippen molar-refractivity contribution >= 4 is 5.78 Å². The van der Waals surface area contributed by atoms with E-state index in [-0.39, 0.29) is 77.3 Å². The number of allylic oxidation sites excluding steroid dienone is 1. The van der Waals surface area contributed by atoms with E-state index >= 15 is 4.79 Å². The zero-order chi connectivity index (χ0) is 39.5. The Balaban J connectivity index is 1.21. The summed E-state index contributed by atoms with van der Waals surface area (Å²) in [6, 6.07) is 17.0. The van der Waals surface area contributed by atoms with E-state index in [0.29, 0.717) is 42.3 Å². The molecule has 3 aromatic rings. The summed E-state index contributed by atoms with van der Waals surface area (Å²) in [5.41, 5.74) is 1.49. The second kappa shape index (κ2) is 13.1. The van der Waals surface area contributed by atoms with E-state index in [0.717, 1.165) is 48.9 Å². The number of aliphatic hydroxyl groups is 2. The van der Waals surface area contributed by atoms with Gasteiger partial charge in [-0.25, -0.2) is 0 Å². The Kier molecular flexibility index (Phi) is 8.49. The van der Waals surface area contributed by atoms with Crippen molar-refractivity contribution in [3.63, 3.8) is 0 Å². The molecule has 9 heteroatoms. The molecule has 0 amide bonds. The number of benzene rings is 3. The van der Waals surface area contributed by atoms with Gasteiger partial charge in [0.05, 0.1) is 19.3 Å². The van der Waals surface area contributed by atoms with Gasteiger partial charge >= 0.3 is 0 Å². The minimum absolute atomic E-state index is 0.0395. The van der Waals surface area contributed by atoms with E-state index in [4.69, 9.17) is 4.74 Å². The average Bonchev–Trinajstić information content (AvgIpc) is 3.19. The number of Topliss-reactive ketones (excluding diaryl/α,β-unsaturated/α-hetero) is 1. The van der Waals surface area contributed by atoms with Gasteiger partial charge in [-0.1, -0.05) is 54.3 Å². The molecule has 0 radical (unpaired) electrons. The molecule has 1 heterocycles. The Morgan fingerprint density at radius 2 is 1.79 bits per heavy atom. The summed E-state index contributed by atoms with van der Waals surface area (Å²) in [7, 11) is 3.49. The van der Waals surface area contributed by atoms with Crippen LogP contribution in [0.5, 0.6) is 23.0 Å². The molecule has 2 spiro atoms. The zero-order valence-corrected chi connectivity index (χ0v) is 32.8. The number of carbonyl (C=O) groups is 1. The Hall–Kier alpha value is -4.33. The fourth-order valence-electron chi connectivity index (χ4n) is 14.6. The molecule has 298 valence electrons. The predicted octanol–water partition coefficient (Wildman–Crippen LogP) is 5.57. The quantitative estimate of drug-likeness (QED) is 0.0930. The average molecular weight is 771 g/mol. The van der Waals surface area contributed by atoms with E-state index in [1.54, 1.807) is 6.07 Å². The maximum atomic E-state index is 15.0. The van der Waals surface area contributed by atoms with E-state index in [1.807, 2.05) is 37.4 Å². The van der Waals surface area contributed by atoms with E-state index in [1.165, 1.54) is 13.2 Å². The van der Waals surface area contributed by atoms with Crippen molar-refractivity contribution in [2.75, 3.05) is 27.2 Å². The number of hydrogen-bond donors (Lipinski definition) is 7. The molecule has 9 nitrogen and oxygen atoms in total. The summed E-state index contributed by atoms with van der Waals surface area (Å²) in [4.78, 5) is 15.0. The number of carbonyl (C=O) groups excluding carboxylic acids is 1. The number of nitrogens with one attached hydrogen (secondary N) is 2. The lowest BCUT2D eigenvalue weighted by molar-refractivity contribution is -0.252. The van der Waals surface area contributed by atoms with Crippen molar-refractivity contribution in [1.82, 2.24) is 10.6 Å². The lowest BCUT2D eigenvalue weighted by Gasteiger charge is -2.81. The smallest absolute Gasteiger partial charge is 0.160 e. The van der Waals surface area contributed by atoms with Crippen LogP contribution in [0.1, 0.15) is 84.6 Å². The van der Waals surface area contributed by atoms with Gasteiger partial charge in [-0.15, -0.1) is 0 Å². The second-order valence-electron chi connectivity index (χ2n) is 18.6. The Morgan fingerprint density at radius 3 is 2.56 bits per heavy atom. The summed E-state index contributed by atoms with van der Waals surface area (Å²) in [5, 5.41) is 65.2. The summed E-state index contributed by atoms with van der Waals surface area (Å²) in [5.74, 6) is 6.66. The summed E-state index contributed by atoms with van der Waals surface area (Å²) >= 11 is 0. The maximum absolute atomic E-state index is 15.0. The van der Waals surface area contributed by atoms with Crippen LogP contribution in [-0.2, 0) is 23.2 Å². The number of rotatable bonds is 7. The number of methoxy groups -OCH3 is 1. The summed E-state index contributed by atoms with van der Waals surface area (Å²) < 4.78 is 5.55. The Labute approximate surface area is 334 Å². The molecule has 6 bridgehead atoms. The molecular formula is C48H54N2O7. The number of fused-ring (bicyclic) bond motifs is 3. The van der Waals surface area contributed by atoms with Crippen molar-refractivity contribution in [3.05, 3.63) is 94.6 Å². The lowest BCUT2D eigenvalue weighted by Crippen LogP contribution is -2.88. The van der Waals surface area contributed by atoms with Crippen LogP contribution in [-0.4, -0.2) is 69.7 Å². The zero-order valence-electron chi connectivity index (χ0n) is 32.8. The van der Waals surface area contributed by atoms with Crippen LogP contribution in [0.4, 0.5) is 0 Å². The molecule has 4 fully saturated rings. The largest absolute Gasteiger partial charge is 0.504 e. The maximum Gasteiger partial charge on any atom is 0.160 e. The third-order valence-electron chi connectivity index (χ3n) is 16.3. The first-order valence-electron chi connectivity index (χ1n) is 21.0. The number of ether oxygens (including phenoxy) is 1. The van der Waals surface area contributed by atoms with Gasteiger partial charge in [0.25, 0.3) is 0 Å². The van der Waals surface area contributed by atoms with Crippen LogP contribution in [0, 0.1) is 52.8 Å². The molecule has 0 unspecified atom stereocenters. The fraction of sp³-hybridized carbons (Fsp3) is 0.521. The third-order valence-corrected chi connectivity index (χ3v) is 16.3. The van der Waals surface area contributed by atoms with E-state index < -0.39 is 28.4 Å². The van der Waals surface area contributed by atoms with Crippen LogP contribution in [0.15, 0.2) is 66.7 Å². The highest BCUT2D eigenvalue weighted by atomic mass is 16.5. The van der Waals surface area contributed by atoms with Crippen molar-refractivity contribution in [1.29, 1.82) is 0 Å². The van der Waals surface area contributed by atoms with Gasteiger partial charge in [0, 0.05) is 59.4 Å². The second-order valence-corrected chi connectivity index (χ2v) is 18.6. The molecule has 1 saturated heterocycles. The number of ketones is 1. The highest BCUT2D eigenvalue weighted by Gasteiger charge is 2.83. The highest BCUT2D eigenvalue weighted by molar-refractivity contribution is 5.81. The third kappa shape index (κ3) is 4.94. The van der Waals surface area contributed by atoms with Gasteiger partial charge in [0.2, 0.25) is 0 Å². The van der Waals surface area contributed by atoms with Gasteiger partial charge in [-0.2, -0.15) is 0 Å². The Bertz CT molecular complexity index is 2230. The molecule has 3 saturated carbocycles. The first-order valence-corrected chi connectivity index (χ1v) is 21.0. The molecule has 12 atom stereocenters. The number of aromatic hydroxyl groups is 3. The first-order chi connectivity index (χ1) is 27.5. The lowest BCUT2D eigenvalue weighted by atomic mass is 9.24. The van der Waals surface area contributed by atoms with Gasteiger partial charge in [-0.05, 0) is 128 Å². The van der Waals surface area contributed by atoms with Crippen LogP contribution < -0.4 is 15.4 Å². The number of piperidine rings is 1. The van der Waals surface area contributed by atoms with E-state index in [2.05, 4.69) is 46.8 Å². The van der Waals surface area contributed by atoms with Crippen molar-refractivity contribution in [3.8, 4) is 34.8 Å². The molecule has 3 aromatic carbocycles. The minimum atomic E-state index is -1.41. The first kappa shape index (κ1) is 37.0. The molecule has 0 aromatic heterocycles. The van der Waals surface area contributed by atoms with Gasteiger partial charge in [0.1, 0.15) is 5.78 Å². The fourth-order valence-corrected chi connectivity index (χ4v) is 14.6. The molecule has 57 heavy (non-hydrogen) atoms. The normalized spacial score (nSPS) is 39.3. The van der Waals surface area contributed by atoms with Crippen LogP contribution in [0.25, 0.3) is 0 Å². The minimum Gasteiger partial charge on any atom is -0.504 e. The molecule has 1 aliphatic heterocycles. The van der Waals surface area contributed by atoms with Crippen molar-refractivity contribution in [2.45, 2.75) is 86.4 Å². The van der Waals surface area contributed by atoms with Crippen LogP contribution in [0.3, 0.4) is 0 Å². The van der Waals surface area contributed by atoms with Gasteiger partial charge < -0.3 is 40.9 Å².